The van der Waals surface area contributed by atoms with Gasteiger partial charge in [0.15, 0.2) is 0 Å². The molecule has 0 amide bonds. The Morgan fingerprint density at radius 2 is 1.80 bits per heavy atom. The van der Waals surface area contributed by atoms with Crippen molar-refractivity contribution in [1.82, 2.24) is 0 Å². The van der Waals surface area contributed by atoms with Crippen molar-refractivity contribution in [1.29, 1.82) is 0 Å². The zero-order valence-electron chi connectivity index (χ0n) is 7.11. The van der Waals surface area contributed by atoms with Crippen molar-refractivity contribution in [3.8, 4) is 0 Å². The molecule has 10 heavy (non-hydrogen) atoms. The maximum absolute atomic E-state index is 5.50. The van der Waals surface area contributed by atoms with Gasteiger partial charge >= 0.3 is 0 Å². The second kappa shape index (κ2) is 4.97. The third-order valence-corrected chi connectivity index (χ3v) is 1.33. The predicted octanol–water partition coefficient (Wildman–Crippen LogP) is 2.82. The van der Waals surface area contributed by atoms with Gasteiger partial charge in [0.1, 0.15) is 0 Å². The van der Waals surface area contributed by atoms with Crippen molar-refractivity contribution >= 4 is 11.6 Å². The van der Waals surface area contributed by atoms with E-state index in [1.807, 2.05) is 0 Å². The molecular formula is C8H17ClO. The average molecular weight is 165 g/mol. The standard InChI is InChI=1S/C8H17ClO/c1-8(2,3)10-7-5-4-6-9/h4-7H2,1-3H3. The van der Waals surface area contributed by atoms with Crippen molar-refractivity contribution in [3.63, 3.8) is 0 Å². The lowest BCUT2D eigenvalue weighted by Gasteiger charge is -2.18. The van der Waals surface area contributed by atoms with E-state index in [9.17, 15) is 0 Å². The normalized spacial score (nSPS) is 12.0. The maximum atomic E-state index is 5.50. The summed E-state index contributed by atoms with van der Waals surface area (Å²) in [5.41, 5.74) is 0.00626. The Balaban J connectivity index is 3.04. The fourth-order valence-corrected chi connectivity index (χ4v) is 0.764. The predicted molar refractivity (Wildman–Crippen MR) is 45.7 cm³/mol. The molecule has 0 rings (SSSR count). The van der Waals surface area contributed by atoms with Crippen LogP contribution in [0.25, 0.3) is 0 Å². The molecule has 0 atom stereocenters. The van der Waals surface area contributed by atoms with Gasteiger partial charge in [-0.15, -0.1) is 11.6 Å². The van der Waals surface area contributed by atoms with Crippen LogP contribution >= 0.6 is 11.6 Å². The van der Waals surface area contributed by atoms with Gasteiger partial charge in [-0.1, -0.05) is 0 Å². The Kier molecular flexibility index (Phi) is 5.10. The van der Waals surface area contributed by atoms with E-state index in [1.54, 1.807) is 0 Å². The molecule has 1 nitrogen and oxygen atoms in total. The first-order chi connectivity index (χ1) is 4.56. The fourth-order valence-electron chi connectivity index (χ4n) is 0.575. The quantitative estimate of drug-likeness (QED) is 0.459. The first-order valence-electron chi connectivity index (χ1n) is 3.76. The summed E-state index contributed by atoms with van der Waals surface area (Å²) in [4.78, 5) is 0. The van der Waals surface area contributed by atoms with Crippen molar-refractivity contribution < 1.29 is 4.74 Å². The number of halogens is 1. The Morgan fingerprint density at radius 3 is 2.20 bits per heavy atom. The van der Waals surface area contributed by atoms with Crippen LogP contribution in [0.4, 0.5) is 0 Å². The SMILES string of the molecule is CC(C)(C)OCCCCCl. The van der Waals surface area contributed by atoms with E-state index in [4.69, 9.17) is 16.3 Å². The highest BCUT2D eigenvalue weighted by Gasteiger charge is 2.08. The van der Waals surface area contributed by atoms with Crippen LogP contribution in [0.2, 0.25) is 0 Å². The van der Waals surface area contributed by atoms with E-state index >= 15 is 0 Å². The highest BCUT2D eigenvalue weighted by atomic mass is 35.5. The lowest BCUT2D eigenvalue weighted by molar-refractivity contribution is -0.00409. The molecule has 0 aromatic carbocycles. The second-order valence-electron chi connectivity index (χ2n) is 3.36. The van der Waals surface area contributed by atoms with Crippen LogP contribution in [-0.4, -0.2) is 18.1 Å². The van der Waals surface area contributed by atoms with Gasteiger partial charge < -0.3 is 4.74 Å². The Bertz CT molecular complexity index is 75.8. The number of hydrogen-bond acceptors (Lipinski definition) is 1. The van der Waals surface area contributed by atoms with E-state index in [0.29, 0.717) is 0 Å². The smallest absolute Gasteiger partial charge is 0.0598 e. The van der Waals surface area contributed by atoms with Gasteiger partial charge in [0.25, 0.3) is 0 Å². The Morgan fingerprint density at radius 1 is 1.20 bits per heavy atom. The van der Waals surface area contributed by atoms with E-state index in [0.717, 1.165) is 25.3 Å². The molecule has 0 aliphatic rings. The summed E-state index contributed by atoms with van der Waals surface area (Å²) in [5.74, 6) is 0.744. The van der Waals surface area contributed by atoms with Gasteiger partial charge in [-0.3, -0.25) is 0 Å². The molecular weight excluding hydrogens is 148 g/mol. The summed E-state index contributed by atoms with van der Waals surface area (Å²) in [5, 5.41) is 0. The second-order valence-corrected chi connectivity index (χ2v) is 3.73. The number of ether oxygens (including phenoxy) is 1. The van der Waals surface area contributed by atoms with Gasteiger partial charge in [0, 0.05) is 12.5 Å². The lowest BCUT2D eigenvalue weighted by atomic mass is 10.2. The molecule has 62 valence electrons. The summed E-state index contributed by atoms with van der Waals surface area (Å²) in [7, 11) is 0. The summed E-state index contributed by atoms with van der Waals surface area (Å²) in [6.45, 7) is 7.02. The van der Waals surface area contributed by atoms with Crippen LogP contribution in [0.15, 0.2) is 0 Å². The number of alkyl halides is 1. The topological polar surface area (TPSA) is 9.23 Å². The molecule has 0 aromatic heterocycles. The lowest BCUT2D eigenvalue weighted by Crippen LogP contribution is -2.19. The minimum atomic E-state index is 0.00626. The monoisotopic (exact) mass is 164 g/mol. The number of unbranched alkanes of at least 4 members (excludes halogenated alkanes) is 1. The number of hydrogen-bond donors (Lipinski definition) is 0. The third-order valence-electron chi connectivity index (χ3n) is 1.06. The van der Waals surface area contributed by atoms with Crippen LogP contribution < -0.4 is 0 Å². The molecule has 0 radical (unpaired) electrons. The molecule has 0 bridgehead atoms. The molecule has 0 saturated carbocycles. The Labute approximate surface area is 68.7 Å². The fraction of sp³-hybridized carbons (Fsp3) is 1.00. The zero-order chi connectivity index (χ0) is 8.04. The molecule has 0 saturated heterocycles. The molecule has 0 N–H and O–H groups in total. The van der Waals surface area contributed by atoms with E-state index in [-0.39, 0.29) is 5.60 Å². The van der Waals surface area contributed by atoms with Gasteiger partial charge in [-0.25, -0.2) is 0 Å². The van der Waals surface area contributed by atoms with Gasteiger partial charge in [-0.2, -0.15) is 0 Å². The largest absolute Gasteiger partial charge is 0.376 e. The van der Waals surface area contributed by atoms with Crippen molar-refractivity contribution in [2.24, 2.45) is 0 Å². The van der Waals surface area contributed by atoms with E-state index in [2.05, 4.69) is 20.8 Å². The first-order valence-corrected chi connectivity index (χ1v) is 4.29. The molecule has 0 spiro atoms. The minimum Gasteiger partial charge on any atom is -0.376 e. The highest BCUT2D eigenvalue weighted by Crippen LogP contribution is 2.07. The van der Waals surface area contributed by atoms with Crippen molar-refractivity contribution in [2.45, 2.75) is 39.2 Å². The Hall–Kier alpha value is 0.250. The van der Waals surface area contributed by atoms with Crippen molar-refractivity contribution in [2.75, 3.05) is 12.5 Å². The summed E-state index contributed by atoms with van der Waals surface area (Å²) in [6.07, 6.45) is 2.12. The molecule has 0 heterocycles. The maximum Gasteiger partial charge on any atom is 0.0598 e. The minimum absolute atomic E-state index is 0.00626. The van der Waals surface area contributed by atoms with Crippen LogP contribution in [0.1, 0.15) is 33.6 Å². The summed E-state index contributed by atoms with van der Waals surface area (Å²) in [6, 6.07) is 0. The molecule has 0 aliphatic carbocycles. The first kappa shape index (κ1) is 10.2. The molecule has 0 aliphatic heterocycles. The van der Waals surface area contributed by atoms with E-state index < -0.39 is 0 Å². The molecule has 2 heteroatoms. The van der Waals surface area contributed by atoms with Crippen LogP contribution in [-0.2, 0) is 4.74 Å². The summed E-state index contributed by atoms with van der Waals surface area (Å²) < 4.78 is 5.47. The van der Waals surface area contributed by atoms with Gasteiger partial charge in [0.2, 0.25) is 0 Å². The highest BCUT2D eigenvalue weighted by molar-refractivity contribution is 6.17. The van der Waals surface area contributed by atoms with Crippen LogP contribution in [0, 0.1) is 0 Å². The summed E-state index contributed by atoms with van der Waals surface area (Å²) >= 11 is 5.50. The zero-order valence-corrected chi connectivity index (χ0v) is 7.87. The molecule has 0 fully saturated rings. The van der Waals surface area contributed by atoms with Gasteiger partial charge in [-0.05, 0) is 33.6 Å². The molecule has 0 unspecified atom stereocenters. The average Bonchev–Trinajstić information content (AvgIpc) is 1.78. The third kappa shape index (κ3) is 8.25. The van der Waals surface area contributed by atoms with Crippen LogP contribution in [0.5, 0.6) is 0 Å². The van der Waals surface area contributed by atoms with E-state index in [1.165, 1.54) is 0 Å². The van der Waals surface area contributed by atoms with Gasteiger partial charge in [0.05, 0.1) is 5.60 Å². The van der Waals surface area contributed by atoms with Crippen LogP contribution in [0.3, 0.4) is 0 Å². The van der Waals surface area contributed by atoms with Crippen molar-refractivity contribution in [3.05, 3.63) is 0 Å². The number of rotatable bonds is 4. The molecule has 0 aromatic rings.